The summed E-state index contributed by atoms with van der Waals surface area (Å²) in [5.74, 6) is -1.43. The Hall–Kier alpha value is -0.900. The smallest absolute Gasteiger partial charge is 0.368 e. The van der Waals surface area contributed by atoms with Gasteiger partial charge in [0.1, 0.15) is 0 Å². The highest BCUT2D eigenvalue weighted by atomic mass is 16.4. The van der Waals surface area contributed by atoms with Crippen LogP contribution in [0.5, 0.6) is 0 Å². The maximum absolute atomic E-state index is 9.00. The first kappa shape index (κ1) is 11.0. The Bertz CT molecular complexity index is 77.0. The molecule has 0 fully saturated rings. The van der Waals surface area contributed by atoms with Gasteiger partial charge < -0.3 is 10.2 Å². The second-order valence-corrected chi connectivity index (χ2v) is 1.18. The first-order valence-electron chi connectivity index (χ1n) is 2.48. The molecule has 0 aliphatic carbocycles. The summed E-state index contributed by atoms with van der Waals surface area (Å²) >= 11 is 0. The van der Waals surface area contributed by atoms with Crippen molar-refractivity contribution in [2.24, 2.45) is 0 Å². The third-order valence-electron chi connectivity index (χ3n) is 0.324. The molecule has 0 heterocycles. The third kappa shape index (κ3) is 41.9. The van der Waals surface area contributed by atoms with E-state index in [0.717, 1.165) is 6.42 Å². The molecular formula is C5H10O4. The van der Waals surface area contributed by atoms with Crippen molar-refractivity contribution in [1.29, 1.82) is 0 Å². The Morgan fingerprint density at radius 3 is 1.89 bits per heavy atom. The molecule has 0 aliphatic rings. The molecule has 0 aromatic heterocycles. The van der Waals surface area contributed by atoms with E-state index in [1.54, 1.807) is 0 Å². The number of carbonyl (C=O) groups excluding carboxylic acids is 1. The van der Waals surface area contributed by atoms with Crippen LogP contribution in [-0.4, -0.2) is 29.1 Å². The lowest BCUT2D eigenvalue weighted by molar-refractivity contribution is -0.143. The number of aliphatic hydroxyl groups excluding tert-OH is 1. The summed E-state index contributed by atoms with van der Waals surface area (Å²) < 4.78 is 0. The fourth-order valence-electron chi connectivity index (χ4n) is 0. The van der Waals surface area contributed by atoms with E-state index in [-0.39, 0.29) is 6.29 Å². The minimum Gasteiger partial charge on any atom is -0.476 e. The Morgan fingerprint density at radius 1 is 1.67 bits per heavy atom. The van der Waals surface area contributed by atoms with Crippen LogP contribution < -0.4 is 0 Å². The molecule has 0 bridgehead atoms. The molecule has 0 aliphatic heterocycles. The van der Waals surface area contributed by atoms with E-state index in [2.05, 4.69) is 0 Å². The molecule has 0 radical (unpaired) electrons. The fourth-order valence-corrected chi connectivity index (χ4v) is 0. The van der Waals surface area contributed by atoms with Crippen molar-refractivity contribution in [1.82, 2.24) is 0 Å². The number of carboxylic acids is 1. The number of carbonyl (C=O) groups is 2. The highest BCUT2D eigenvalue weighted by molar-refractivity contribution is 6.19. The molecule has 2 N–H and O–H groups in total. The van der Waals surface area contributed by atoms with Gasteiger partial charge >= 0.3 is 5.97 Å². The van der Waals surface area contributed by atoms with Crippen LogP contribution in [0, 0.1) is 0 Å². The number of aldehydes is 1. The summed E-state index contributed by atoms with van der Waals surface area (Å²) in [6.45, 7) is 2.25. The molecule has 9 heavy (non-hydrogen) atoms. The molecule has 0 spiro atoms. The molecule has 0 unspecified atom stereocenters. The summed E-state index contributed by atoms with van der Waals surface area (Å²) in [4.78, 5) is 17.9. The van der Waals surface area contributed by atoms with Gasteiger partial charge in [-0.3, -0.25) is 4.79 Å². The molecule has 0 saturated carbocycles. The zero-order valence-corrected chi connectivity index (χ0v) is 5.20. The first-order chi connectivity index (χ1) is 4.18. The Labute approximate surface area is 53.1 Å². The minimum atomic E-state index is -1.43. The SMILES string of the molecule is CCCO.O=CC(=O)O. The molecule has 0 aromatic rings. The molecule has 0 saturated heterocycles. The van der Waals surface area contributed by atoms with Crippen LogP contribution in [0.15, 0.2) is 0 Å². The quantitative estimate of drug-likeness (QED) is 0.400. The average molecular weight is 134 g/mol. The molecule has 0 rings (SSSR count). The summed E-state index contributed by atoms with van der Waals surface area (Å²) in [7, 11) is 0. The lowest BCUT2D eigenvalue weighted by Gasteiger charge is -1.69. The van der Waals surface area contributed by atoms with Gasteiger partial charge in [0.05, 0.1) is 0 Å². The van der Waals surface area contributed by atoms with E-state index in [0.29, 0.717) is 6.61 Å². The van der Waals surface area contributed by atoms with Crippen molar-refractivity contribution < 1.29 is 19.8 Å². The van der Waals surface area contributed by atoms with E-state index >= 15 is 0 Å². The highest BCUT2D eigenvalue weighted by Crippen LogP contribution is 1.61. The maximum Gasteiger partial charge on any atom is 0.368 e. The van der Waals surface area contributed by atoms with Crippen LogP contribution in [0.2, 0.25) is 0 Å². The van der Waals surface area contributed by atoms with Gasteiger partial charge in [-0.1, -0.05) is 6.92 Å². The second-order valence-electron chi connectivity index (χ2n) is 1.18. The van der Waals surface area contributed by atoms with Gasteiger partial charge in [0.2, 0.25) is 6.29 Å². The molecule has 0 amide bonds. The topological polar surface area (TPSA) is 74.6 Å². The Kier molecular flexibility index (Phi) is 12.4. The Balaban J connectivity index is 0. The van der Waals surface area contributed by atoms with Crippen LogP contribution in [0.3, 0.4) is 0 Å². The average Bonchev–Trinajstić information content (AvgIpc) is 1.89. The third-order valence-corrected chi connectivity index (χ3v) is 0.324. The number of hydrogen-bond acceptors (Lipinski definition) is 3. The van der Waals surface area contributed by atoms with Crippen LogP contribution in [0.25, 0.3) is 0 Å². The lowest BCUT2D eigenvalue weighted by Crippen LogP contribution is -1.91. The summed E-state index contributed by atoms with van der Waals surface area (Å²) in [5.41, 5.74) is 0. The van der Waals surface area contributed by atoms with Crippen LogP contribution in [0.4, 0.5) is 0 Å². The zero-order chi connectivity index (χ0) is 7.70. The maximum atomic E-state index is 9.00. The van der Waals surface area contributed by atoms with E-state index in [1.165, 1.54) is 0 Å². The monoisotopic (exact) mass is 134 g/mol. The van der Waals surface area contributed by atoms with E-state index in [1.807, 2.05) is 6.92 Å². The van der Waals surface area contributed by atoms with Gasteiger partial charge in [0, 0.05) is 6.61 Å². The summed E-state index contributed by atoms with van der Waals surface area (Å²) in [5, 5.41) is 15.2. The number of carboxylic acid groups (broad SMARTS) is 1. The van der Waals surface area contributed by atoms with Gasteiger partial charge in [0.15, 0.2) is 0 Å². The minimum absolute atomic E-state index is 0.167. The summed E-state index contributed by atoms with van der Waals surface area (Å²) in [6.07, 6.45) is 0.708. The van der Waals surface area contributed by atoms with Crippen LogP contribution in [-0.2, 0) is 9.59 Å². The van der Waals surface area contributed by atoms with Gasteiger partial charge in [-0.2, -0.15) is 0 Å². The number of aliphatic carboxylic acids is 1. The largest absolute Gasteiger partial charge is 0.476 e. The fraction of sp³-hybridized carbons (Fsp3) is 0.600. The Morgan fingerprint density at radius 2 is 1.89 bits per heavy atom. The van der Waals surface area contributed by atoms with E-state index in [4.69, 9.17) is 19.8 Å². The van der Waals surface area contributed by atoms with Crippen molar-refractivity contribution in [3.05, 3.63) is 0 Å². The van der Waals surface area contributed by atoms with Gasteiger partial charge in [0.25, 0.3) is 0 Å². The number of rotatable bonds is 2. The van der Waals surface area contributed by atoms with E-state index in [9.17, 15) is 0 Å². The number of hydrogen-bond donors (Lipinski definition) is 2. The predicted octanol–water partition coefficient (Wildman–Crippen LogP) is -0.341. The van der Waals surface area contributed by atoms with Crippen molar-refractivity contribution in [2.75, 3.05) is 6.61 Å². The molecule has 0 atom stereocenters. The van der Waals surface area contributed by atoms with Crippen LogP contribution in [0.1, 0.15) is 13.3 Å². The van der Waals surface area contributed by atoms with Crippen LogP contribution >= 0.6 is 0 Å². The van der Waals surface area contributed by atoms with Crippen molar-refractivity contribution >= 4 is 12.3 Å². The van der Waals surface area contributed by atoms with Crippen molar-refractivity contribution in [3.8, 4) is 0 Å². The number of aliphatic hydroxyl groups is 1. The molecular weight excluding hydrogens is 124 g/mol. The van der Waals surface area contributed by atoms with Crippen molar-refractivity contribution in [2.45, 2.75) is 13.3 Å². The van der Waals surface area contributed by atoms with Gasteiger partial charge in [-0.25, -0.2) is 4.79 Å². The molecule has 0 aromatic carbocycles. The first-order valence-corrected chi connectivity index (χ1v) is 2.48. The van der Waals surface area contributed by atoms with Gasteiger partial charge in [-0.05, 0) is 6.42 Å². The normalized spacial score (nSPS) is 6.89. The summed E-state index contributed by atoms with van der Waals surface area (Å²) in [6, 6.07) is 0. The lowest BCUT2D eigenvalue weighted by atomic mass is 10.5. The standard InChI is InChI=1S/C3H8O.C2H2O3/c1-2-3-4;3-1-2(4)5/h4H,2-3H2,1H3;1H,(H,4,5). The molecule has 54 valence electrons. The predicted molar refractivity (Wildman–Crippen MR) is 31.1 cm³/mol. The highest BCUT2D eigenvalue weighted by Gasteiger charge is 1.80. The second kappa shape index (κ2) is 10.2. The molecule has 4 nitrogen and oxygen atoms in total. The van der Waals surface area contributed by atoms with Crippen molar-refractivity contribution in [3.63, 3.8) is 0 Å². The molecule has 4 heteroatoms. The zero-order valence-electron chi connectivity index (χ0n) is 5.20. The van der Waals surface area contributed by atoms with E-state index < -0.39 is 5.97 Å². The van der Waals surface area contributed by atoms with Gasteiger partial charge in [-0.15, -0.1) is 0 Å².